The molecule has 1 N–H and O–H groups in total. The zero-order valence-corrected chi connectivity index (χ0v) is 11.6. The van der Waals surface area contributed by atoms with Crippen LogP contribution in [-0.4, -0.2) is 13.7 Å². The molecule has 0 aliphatic heterocycles. The first kappa shape index (κ1) is 14.2. The molecule has 0 saturated carbocycles. The van der Waals surface area contributed by atoms with Crippen molar-refractivity contribution in [1.82, 2.24) is 5.32 Å². The van der Waals surface area contributed by atoms with E-state index in [4.69, 9.17) is 11.6 Å². The minimum atomic E-state index is -2.83. The third-order valence-corrected chi connectivity index (χ3v) is 4.04. The highest BCUT2D eigenvalue weighted by atomic mass is 35.5. The van der Waals surface area contributed by atoms with Crippen LogP contribution in [0.3, 0.4) is 0 Å². The third-order valence-electron chi connectivity index (χ3n) is 2.61. The van der Waals surface area contributed by atoms with Crippen LogP contribution < -0.4 is 10.1 Å². The normalized spacial score (nSPS) is 12.7. The Bertz CT molecular complexity index is 547. The molecule has 6 heteroatoms. The van der Waals surface area contributed by atoms with E-state index in [1.54, 1.807) is 19.2 Å². The molecule has 0 fully saturated rings. The molecule has 0 aliphatic carbocycles. The third kappa shape index (κ3) is 3.43. The lowest BCUT2D eigenvalue weighted by molar-refractivity contribution is -0.0498. The van der Waals surface area contributed by atoms with E-state index in [1.165, 1.54) is 17.4 Å². The predicted octanol–water partition coefficient (Wildman–Crippen LogP) is 4.31. The summed E-state index contributed by atoms with van der Waals surface area (Å²) < 4.78 is 28.8. The molecule has 19 heavy (non-hydrogen) atoms. The number of ether oxygens (including phenoxy) is 1. The van der Waals surface area contributed by atoms with Crippen molar-refractivity contribution in [3.63, 3.8) is 0 Å². The van der Waals surface area contributed by atoms with Crippen molar-refractivity contribution in [2.75, 3.05) is 7.05 Å². The van der Waals surface area contributed by atoms with Crippen LogP contribution in [-0.2, 0) is 0 Å². The van der Waals surface area contributed by atoms with Gasteiger partial charge < -0.3 is 10.1 Å². The van der Waals surface area contributed by atoms with Crippen LogP contribution in [0.15, 0.2) is 35.7 Å². The van der Waals surface area contributed by atoms with Gasteiger partial charge in [0.2, 0.25) is 0 Å². The largest absolute Gasteiger partial charge is 0.435 e. The van der Waals surface area contributed by atoms with Gasteiger partial charge in [0.25, 0.3) is 0 Å². The second kappa shape index (κ2) is 6.32. The van der Waals surface area contributed by atoms with Crippen molar-refractivity contribution in [3.05, 3.63) is 51.2 Å². The Morgan fingerprint density at radius 2 is 2.11 bits per heavy atom. The van der Waals surface area contributed by atoms with Crippen LogP contribution in [0.2, 0.25) is 5.02 Å². The molecule has 2 nitrogen and oxygen atoms in total. The van der Waals surface area contributed by atoms with Crippen molar-refractivity contribution in [2.24, 2.45) is 0 Å². The van der Waals surface area contributed by atoms with Gasteiger partial charge in [-0.15, -0.1) is 11.3 Å². The molecule has 0 amide bonds. The summed E-state index contributed by atoms with van der Waals surface area (Å²) in [7, 11) is 1.79. The molecule has 0 saturated heterocycles. The lowest BCUT2D eigenvalue weighted by Gasteiger charge is -2.17. The van der Waals surface area contributed by atoms with Gasteiger partial charge in [0.05, 0.1) is 11.1 Å². The highest BCUT2D eigenvalue weighted by Crippen LogP contribution is 2.33. The van der Waals surface area contributed by atoms with E-state index in [2.05, 4.69) is 10.1 Å². The van der Waals surface area contributed by atoms with E-state index in [1.807, 2.05) is 17.5 Å². The summed E-state index contributed by atoms with van der Waals surface area (Å²) in [5.74, 6) is 0.139. The Kier molecular flexibility index (Phi) is 4.74. The van der Waals surface area contributed by atoms with E-state index in [-0.39, 0.29) is 11.8 Å². The first-order chi connectivity index (χ1) is 9.11. The van der Waals surface area contributed by atoms with Crippen LogP contribution >= 0.6 is 22.9 Å². The second-order valence-corrected chi connectivity index (χ2v) is 5.16. The van der Waals surface area contributed by atoms with Gasteiger partial charge in [0, 0.05) is 4.88 Å². The first-order valence-corrected chi connectivity index (χ1v) is 6.82. The molecule has 1 atom stereocenters. The fraction of sp³-hybridized carbons (Fsp3) is 0.231. The number of benzene rings is 1. The Labute approximate surface area is 119 Å². The molecule has 0 aliphatic rings. The number of rotatable bonds is 5. The Balaban J connectivity index is 2.31. The highest BCUT2D eigenvalue weighted by molar-refractivity contribution is 7.10. The van der Waals surface area contributed by atoms with E-state index in [0.29, 0.717) is 5.02 Å². The average molecular weight is 304 g/mol. The molecule has 2 aromatic rings. The summed E-state index contributed by atoms with van der Waals surface area (Å²) in [6, 6.07) is 8.27. The van der Waals surface area contributed by atoms with Crippen molar-refractivity contribution >= 4 is 22.9 Å². The van der Waals surface area contributed by atoms with Gasteiger partial charge in [-0.05, 0) is 36.2 Å². The smallest absolute Gasteiger partial charge is 0.387 e. The fourth-order valence-corrected chi connectivity index (χ4v) is 3.13. The summed E-state index contributed by atoms with van der Waals surface area (Å²) in [5, 5.41) is 5.67. The summed E-state index contributed by atoms with van der Waals surface area (Å²) >= 11 is 7.62. The van der Waals surface area contributed by atoms with Crippen LogP contribution in [0.4, 0.5) is 8.78 Å². The van der Waals surface area contributed by atoms with Gasteiger partial charge >= 0.3 is 6.61 Å². The van der Waals surface area contributed by atoms with Crippen LogP contribution in [0.5, 0.6) is 5.75 Å². The standard InChI is InChI=1S/C13H12ClF2NOS/c1-17-11(12-10(14)5-6-19-12)8-3-2-4-9(7-8)18-13(15)16/h2-7,11,13,17H,1H3. The highest BCUT2D eigenvalue weighted by Gasteiger charge is 2.17. The molecule has 1 aromatic carbocycles. The molecule has 2 rings (SSSR count). The maximum Gasteiger partial charge on any atom is 0.387 e. The number of halogens is 3. The minimum absolute atomic E-state index is 0.139. The first-order valence-electron chi connectivity index (χ1n) is 5.56. The Hall–Kier alpha value is -1.17. The SMILES string of the molecule is CNC(c1cccc(OC(F)F)c1)c1sccc1Cl. The lowest BCUT2D eigenvalue weighted by Crippen LogP contribution is -2.17. The molecular weight excluding hydrogens is 292 g/mol. The maximum absolute atomic E-state index is 12.2. The molecule has 0 spiro atoms. The van der Waals surface area contributed by atoms with Gasteiger partial charge in [0.1, 0.15) is 5.75 Å². The van der Waals surface area contributed by atoms with Gasteiger partial charge in [-0.2, -0.15) is 8.78 Å². The van der Waals surface area contributed by atoms with Gasteiger partial charge in [-0.25, -0.2) is 0 Å². The number of alkyl halides is 2. The quantitative estimate of drug-likeness (QED) is 0.888. The molecular formula is C13H12ClF2NOS. The van der Waals surface area contributed by atoms with E-state index < -0.39 is 6.61 Å². The molecule has 1 heterocycles. The van der Waals surface area contributed by atoms with Crippen LogP contribution in [0, 0.1) is 0 Å². The van der Waals surface area contributed by atoms with Gasteiger partial charge in [-0.3, -0.25) is 0 Å². The molecule has 1 unspecified atom stereocenters. The monoisotopic (exact) mass is 303 g/mol. The molecule has 1 aromatic heterocycles. The molecule has 102 valence electrons. The number of nitrogens with one attached hydrogen (secondary N) is 1. The zero-order valence-electron chi connectivity index (χ0n) is 10.1. The van der Waals surface area contributed by atoms with Crippen molar-refractivity contribution < 1.29 is 13.5 Å². The van der Waals surface area contributed by atoms with Crippen LogP contribution in [0.25, 0.3) is 0 Å². The van der Waals surface area contributed by atoms with Crippen molar-refractivity contribution in [3.8, 4) is 5.75 Å². The number of thiophene rings is 1. The summed E-state index contributed by atoms with van der Waals surface area (Å²) in [4.78, 5) is 0.943. The van der Waals surface area contributed by atoms with Crippen molar-refractivity contribution in [2.45, 2.75) is 12.7 Å². The van der Waals surface area contributed by atoms with E-state index in [0.717, 1.165) is 10.4 Å². The minimum Gasteiger partial charge on any atom is -0.435 e. The summed E-state index contributed by atoms with van der Waals surface area (Å²) in [6.07, 6.45) is 0. The van der Waals surface area contributed by atoms with E-state index in [9.17, 15) is 8.78 Å². The Morgan fingerprint density at radius 3 is 2.68 bits per heavy atom. The predicted molar refractivity (Wildman–Crippen MR) is 73.3 cm³/mol. The average Bonchev–Trinajstić information content (AvgIpc) is 2.77. The summed E-state index contributed by atoms with van der Waals surface area (Å²) in [5.41, 5.74) is 0.824. The van der Waals surface area contributed by atoms with Gasteiger partial charge in [-0.1, -0.05) is 23.7 Å². The zero-order chi connectivity index (χ0) is 13.8. The maximum atomic E-state index is 12.2. The number of hydrogen-bond donors (Lipinski definition) is 1. The molecule has 0 bridgehead atoms. The Morgan fingerprint density at radius 1 is 1.32 bits per heavy atom. The topological polar surface area (TPSA) is 21.3 Å². The summed E-state index contributed by atoms with van der Waals surface area (Å²) in [6.45, 7) is -2.83. The van der Waals surface area contributed by atoms with Crippen molar-refractivity contribution in [1.29, 1.82) is 0 Å². The van der Waals surface area contributed by atoms with Gasteiger partial charge in [0.15, 0.2) is 0 Å². The van der Waals surface area contributed by atoms with Crippen LogP contribution in [0.1, 0.15) is 16.5 Å². The lowest BCUT2D eigenvalue weighted by atomic mass is 10.1. The van der Waals surface area contributed by atoms with E-state index >= 15 is 0 Å². The second-order valence-electron chi connectivity index (χ2n) is 3.81. The fourth-order valence-electron chi connectivity index (χ4n) is 1.83. The number of hydrogen-bond acceptors (Lipinski definition) is 3. The molecule has 0 radical (unpaired) electrons.